The van der Waals surface area contributed by atoms with E-state index in [9.17, 15) is 35.1 Å². The maximum Gasteiger partial charge on any atom is 0.331 e. The van der Waals surface area contributed by atoms with Gasteiger partial charge in [0.05, 0.1) is 25.3 Å². The lowest BCUT2D eigenvalue weighted by Crippen LogP contribution is -2.56. The van der Waals surface area contributed by atoms with E-state index >= 15 is 0 Å². The van der Waals surface area contributed by atoms with Gasteiger partial charge in [-0.05, 0) is 61.4 Å². The fraction of sp³-hybridized carbons (Fsp3) is 0.484. The van der Waals surface area contributed by atoms with Gasteiger partial charge in [0.25, 0.3) is 0 Å². The summed E-state index contributed by atoms with van der Waals surface area (Å²) < 4.78 is 12.4. The summed E-state index contributed by atoms with van der Waals surface area (Å²) in [5.41, 5.74) is 4.93. The van der Waals surface area contributed by atoms with Crippen LogP contribution in [0.1, 0.15) is 48.2 Å². The first-order valence-corrected chi connectivity index (χ1v) is 14.2. The topological polar surface area (TPSA) is 171 Å². The van der Waals surface area contributed by atoms with Crippen molar-refractivity contribution in [2.75, 3.05) is 19.8 Å². The molecule has 11 nitrogen and oxygen atoms in total. The quantitative estimate of drug-likeness (QED) is 0.169. The monoisotopic (exact) mass is 584 g/mol. The molecule has 6 atom stereocenters. The van der Waals surface area contributed by atoms with Gasteiger partial charge in [0.1, 0.15) is 24.4 Å². The molecule has 11 heteroatoms. The van der Waals surface area contributed by atoms with Crippen molar-refractivity contribution in [1.82, 2.24) is 9.88 Å². The number of carbonyl (C=O) groups is 2. The molecule has 1 fully saturated rings. The molecule has 1 aliphatic rings. The third-order valence-corrected chi connectivity index (χ3v) is 7.66. The molecule has 6 N–H and O–H groups in total. The summed E-state index contributed by atoms with van der Waals surface area (Å²) in [4.78, 5) is 24.0. The Morgan fingerprint density at radius 3 is 2.40 bits per heavy atom. The van der Waals surface area contributed by atoms with Crippen LogP contribution in [0.3, 0.4) is 0 Å². The highest BCUT2D eigenvalue weighted by Crippen LogP contribution is 2.35. The number of aryl methyl sites for hydroxylation is 2. The number of amides is 1. The highest BCUT2D eigenvalue weighted by molar-refractivity contribution is 5.87. The molecule has 2 aromatic carbocycles. The van der Waals surface area contributed by atoms with Crippen molar-refractivity contribution in [2.45, 2.75) is 76.2 Å². The number of nitrogens with one attached hydrogen (secondary N) is 1. The SMILES string of the molecule is CCOC(=O)[C@H](CO)NC(=O)CCCc1ccc(Cc2cn([C@@H]3O[C@H](CO)[C@@H](O)[C@H](O)[C@H]3O)c3cccc(C)c23)cc1. The maximum absolute atomic E-state index is 12.2. The predicted octanol–water partition coefficient (Wildman–Crippen LogP) is 0.876. The molecule has 0 saturated carbocycles. The van der Waals surface area contributed by atoms with Crippen LogP contribution in [-0.2, 0) is 31.9 Å². The Labute approximate surface area is 244 Å². The summed E-state index contributed by atoms with van der Waals surface area (Å²) in [5, 5.41) is 53.8. The number of hydrogen-bond acceptors (Lipinski definition) is 9. The van der Waals surface area contributed by atoms with Crippen molar-refractivity contribution in [1.29, 1.82) is 0 Å². The van der Waals surface area contributed by atoms with E-state index in [0.29, 0.717) is 19.3 Å². The van der Waals surface area contributed by atoms with Gasteiger partial charge in [-0.25, -0.2) is 4.79 Å². The van der Waals surface area contributed by atoms with Crippen LogP contribution in [0.15, 0.2) is 48.7 Å². The lowest BCUT2D eigenvalue weighted by Gasteiger charge is -2.40. The van der Waals surface area contributed by atoms with Crippen molar-refractivity contribution in [2.24, 2.45) is 0 Å². The van der Waals surface area contributed by atoms with Crippen LogP contribution in [0.5, 0.6) is 0 Å². The second kappa shape index (κ2) is 14.2. The van der Waals surface area contributed by atoms with E-state index in [1.54, 1.807) is 11.5 Å². The molecule has 0 bridgehead atoms. The van der Waals surface area contributed by atoms with Gasteiger partial charge in [-0.1, -0.05) is 36.4 Å². The summed E-state index contributed by atoms with van der Waals surface area (Å²) in [5.74, 6) is -0.986. The maximum atomic E-state index is 12.2. The first-order valence-electron chi connectivity index (χ1n) is 14.2. The number of ether oxygens (including phenoxy) is 2. The molecule has 0 radical (unpaired) electrons. The van der Waals surface area contributed by atoms with Crippen molar-refractivity contribution >= 4 is 22.8 Å². The van der Waals surface area contributed by atoms with Gasteiger partial charge in [-0.15, -0.1) is 0 Å². The molecule has 4 rings (SSSR count). The third-order valence-electron chi connectivity index (χ3n) is 7.66. The summed E-state index contributed by atoms with van der Waals surface area (Å²) >= 11 is 0. The summed E-state index contributed by atoms with van der Waals surface area (Å²) in [6, 6.07) is 12.8. The van der Waals surface area contributed by atoms with Gasteiger partial charge in [0, 0.05) is 18.0 Å². The minimum atomic E-state index is -1.47. The van der Waals surface area contributed by atoms with Gasteiger partial charge < -0.3 is 44.9 Å². The first kappa shape index (κ1) is 31.6. The van der Waals surface area contributed by atoms with E-state index in [-0.39, 0.29) is 18.9 Å². The average molecular weight is 585 g/mol. The number of benzene rings is 2. The number of esters is 1. The molecule has 1 amide bonds. The molecular weight excluding hydrogens is 544 g/mol. The molecule has 0 spiro atoms. The molecule has 1 saturated heterocycles. The van der Waals surface area contributed by atoms with Crippen LogP contribution >= 0.6 is 0 Å². The third kappa shape index (κ3) is 7.00. The fourth-order valence-electron chi connectivity index (χ4n) is 5.43. The Hall–Kier alpha value is -3.32. The van der Waals surface area contributed by atoms with Crippen molar-refractivity contribution < 1.29 is 44.6 Å². The average Bonchev–Trinajstić information content (AvgIpc) is 3.35. The number of nitrogens with zero attached hydrogens (tertiary/aromatic N) is 1. The summed E-state index contributed by atoms with van der Waals surface area (Å²) in [7, 11) is 0. The number of aromatic nitrogens is 1. The van der Waals surface area contributed by atoms with Crippen LogP contribution in [0.25, 0.3) is 10.9 Å². The Morgan fingerprint density at radius 1 is 1.02 bits per heavy atom. The Kier molecular flexibility index (Phi) is 10.7. The lowest BCUT2D eigenvalue weighted by molar-refractivity contribution is -0.250. The van der Waals surface area contributed by atoms with Crippen LogP contribution in [0, 0.1) is 6.92 Å². The van der Waals surface area contributed by atoms with E-state index < -0.39 is 55.9 Å². The minimum absolute atomic E-state index is 0.168. The van der Waals surface area contributed by atoms with Crippen molar-refractivity contribution in [3.63, 3.8) is 0 Å². The highest BCUT2D eigenvalue weighted by Gasteiger charge is 2.44. The molecule has 228 valence electrons. The molecule has 3 aromatic rings. The number of fused-ring (bicyclic) bond motifs is 1. The Bertz CT molecular complexity index is 1350. The second-order valence-corrected chi connectivity index (χ2v) is 10.7. The van der Waals surface area contributed by atoms with E-state index in [1.165, 1.54) is 0 Å². The lowest BCUT2D eigenvalue weighted by atomic mass is 9.98. The van der Waals surface area contributed by atoms with Crippen LogP contribution < -0.4 is 5.32 Å². The number of carbonyl (C=O) groups excluding carboxylic acids is 2. The zero-order chi connectivity index (χ0) is 30.4. The van der Waals surface area contributed by atoms with Gasteiger partial charge in [0.15, 0.2) is 12.3 Å². The summed E-state index contributed by atoms with van der Waals surface area (Å²) in [6.07, 6.45) is -2.41. The molecule has 0 aliphatic carbocycles. The molecule has 1 aromatic heterocycles. The second-order valence-electron chi connectivity index (χ2n) is 10.7. The van der Waals surface area contributed by atoms with Gasteiger partial charge in [-0.3, -0.25) is 4.79 Å². The van der Waals surface area contributed by atoms with Crippen LogP contribution in [0.2, 0.25) is 0 Å². The smallest absolute Gasteiger partial charge is 0.331 e. The van der Waals surface area contributed by atoms with E-state index in [4.69, 9.17) is 9.47 Å². The number of hydrogen-bond donors (Lipinski definition) is 6. The molecule has 42 heavy (non-hydrogen) atoms. The normalized spacial score (nSPS) is 23.1. The zero-order valence-electron chi connectivity index (χ0n) is 23.8. The molecular formula is C31H40N2O9. The minimum Gasteiger partial charge on any atom is -0.464 e. The standard InChI is InChI=1S/C31H40N2O9/c1-3-41-31(40)22(16-34)32-25(36)9-5-7-19-10-12-20(13-11-19)14-21-15-33(23-8-4-6-18(2)26(21)23)30-29(39)28(38)27(37)24(17-35)42-30/h4,6,8,10-13,15,22,24,27-30,34-35,37-39H,3,5,7,9,14,16-17H2,1-2H3,(H,32,36)/t22-,24+,27+,28-,29+,30+/m0/s1. The number of aliphatic hydroxyl groups is 5. The van der Waals surface area contributed by atoms with Gasteiger partial charge in [0.2, 0.25) is 5.91 Å². The fourth-order valence-corrected chi connectivity index (χ4v) is 5.43. The van der Waals surface area contributed by atoms with Crippen LogP contribution in [-0.4, -0.2) is 92.3 Å². The first-order chi connectivity index (χ1) is 20.2. The number of aliphatic hydroxyl groups excluding tert-OH is 5. The van der Waals surface area contributed by atoms with Gasteiger partial charge >= 0.3 is 5.97 Å². The van der Waals surface area contributed by atoms with Crippen LogP contribution in [0.4, 0.5) is 0 Å². The molecule has 2 heterocycles. The van der Waals surface area contributed by atoms with E-state index in [0.717, 1.165) is 33.2 Å². The Balaban J connectivity index is 1.43. The predicted molar refractivity (Wildman–Crippen MR) is 154 cm³/mol. The van der Waals surface area contributed by atoms with Gasteiger partial charge in [-0.2, -0.15) is 0 Å². The zero-order valence-corrected chi connectivity index (χ0v) is 23.8. The van der Waals surface area contributed by atoms with Crippen molar-refractivity contribution in [3.8, 4) is 0 Å². The highest BCUT2D eigenvalue weighted by atomic mass is 16.6. The number of rotatable bonds is 12. The Morgan fingerprint density at radius 2 is 1.74 bits per heavy atom. The van der Waals surface area contributed by atoms with E-state index in [2.05, 4.69) is 5.32 Å². The van der Waals surface area contributed by atoms with Crippen molar-refractivity contribution in [3.05, 3.63) is 70.9 Å². The molecule has 0 unspecified atom stereocenters. The largest absolute Gasteiger partial charge is 0.464 e. The van der Waals surface area contributed by atoms with E-state index in [1.807, 2.05) is 55.6 Å². The summed E-state index contributed by atoms with van der Waals surface area (Å²) in [6.45, 7) is 2.80. The molecule has 1 aliphatic heterocycles.